The van der Waals surface area contributed by atoms with Gasteiger partial charge in [0.15, 0.2) is 0 Å². The van der Waals surface area contributed by atoms with Crippen molar-refractivity contribution in [3.05, 3.63) is 28.3 Å². The van der Waals surface area contributed by atoms with E-state index >= 15 is 0 Å². The van der Waals surface area contributed by atoms with Crippen LogP contribution in [0.5, 0.6) is 0 Å². The van der Waals surface area contributed by atoms with Crippen LogP contribution < -0.4 is 11.5 Å². The zero-order valence-corrected chi connectivity index (χ0v) is 8.86. The van der Waals surface area contributed by atoms with Crippen molar-refractivity contribution in [1.29, 1.82) is 0 Å². The van der Waals surface area contributed by atoms with Crippen LogP contribution >= 0.6 is 11.6 Å². The van der Waals surface area contributed by atoms with Gasteiger partial charge >= 0.3 is 0 Å². The Bertz CT molecular complexity index is 388. The monoisotopic (exact) mass is 208 g/mol. The van der Waals surface area contributed by atoms with Crippen molar-refractivity contribution in [3.8, 4) is 11.8 Å². The van der Waals surface area contributed by atoms with Gasteiger partial charge in [-0.2, -0.15) is 0 Å². The number of nitrogen functional groups attached to an aromatic ring is 1. The molecule has 4 N–H and O–H groups in total. The predicted octanol–water partition coefficient (Wildman–Crippen LogP) is 1.93. The van der Waals surface area contributed by atoms with Gasteiger partial charge in [-0.05, 0) is 24.6 Å². The Morgan fingerprint density at radius 1 is 1.43 bits per heavy atom. The molecule has 1 aromatic carbocycles. The summed E-state index contributed by atoms with van der Waals surface area (Å²) in [6, 6.07) is 3.62. The molecule has 0 aromatic heterocycles. The molecule has 3 heteroatoms. The van der Waals surface area contributed by atoms with Gasteiger partial charge in [0.2, 0.25) is 0 Å². The van der Waals surface area contributed by atoms with Crippen molar-refractivity contribution in [2.75, 3.05) is 12.3 Å². The molecule has 0 aliphatic rings. The van der Waals surface area contributed by atoms with Crippen molar-refractivity contribution in [2.24, 2.45) is 5.73 Å². The summed E-state index contributed by atoms with van der Waals surface area (Å²) in [6.07, 6.45) is 0.680. The summed E-state index contributed by atoms with van der Waals surface area (Å²) in [5.74, 6) is 5.90. The number of halogens is 1. The summed E-state index contributed by atoms with van der Waals surface area (Å²) in [5, 5.41) is 0.595. The Labute approximate surface area is 89.2 Å². The standard InChI is InChI=1S/C11H13ClN2/c1-8-6-9(4-2-3-5-13)10(12)7-11(8)14/h6-7H,3,5,13-14H2,1H3. The largest absolute Gasteiger partial charge is 0.398 e. The highest BCUT2D eigenvalue weighted by atomic mass is 35.5. The van der Waals surface area contributed by atoms with E-state index in [0.29, 0.717) is 23.7 Å². The number of rotatable bonds is 1. The second kappa shape index (κ2) is 4.90. The summed E-state index contributed by atoms with van der Waals surface area (Å²) in [4.78, 5) is 0. The van der Waals surface area contributed by atoms with Gasteiger partial charge < -0.3 is 11.5 Å². The fourth-order valence-corrected chi connectivity index (χ4v) is 1.24. The van der Waals surface area contributed by atoms with Gasteiger partial charge in [-0.15, -0.1) is 0 Å². The van der Waals surface area contributed by atoms with Crippen LogP contribution in [0.3, 0.4) is 0 Å². The average molecular weight is 209 g/mol. The minimum atomic E-state index is 0.568. The van der Waals surface area contributed by atoms with Crippen molar-refractivity contribution in [2.45, 2.75) is 13.3 Å². The van der Waals surface area contributed by atoms with Crippen LogP contribution in [-0.2, 0) is 0 Å². The molecule has 0 atom stereocenters. The van der Waals surface area contributed by atoms with Gasteiger partial charge in [0, 0.05) is 24.2 Å². The average Bonchev–Trinajstić information content (AvgIpc) is 2.14. The van der Waals surface area contributed by atoms with E-state index < -0.39 is 0 Å². The van der Waals surface area contributed by atoms with E-state index in [9.17, 15) is 0 Å². The highest BCUT2D eigenvalue weighted by molar-refractivity contribution is 6.32. The van der Waals surface area contributed by atoms with E-state index in [4.69, 9.17) is 23.1 Å². The van der Waals surface area contributed by atoms with Crippen LogP contribution in [0, 0.1) is 18.8 Å². The van der Waals surface area contributed by atoms with Crippen LogP contribution in [-0.4, -0.2) is 6.54 Å². The molecule has 0 bridgehead atoms. The van der Waals surface area contributed by atoms with E-state index in [1.807, 2.05) is 13.0 Å². The zero-order chi connectivity index (χ0) is 10.6. The maximum atomic E-state index is 5.97. The normalized spacial score (nSPS) is 9.36. The van der Waals surface area contributed by atoms with E-state index in [2.05, 4.69) is 11.8 Å². The highest BCUT2D eigenvalue weighted by Crippen LogP contribution is 2.21. The first-order valence-electron chi connectivity index (χ1n) is 4.39. The van der Waals surface area contributed by atoms with Crippen molar-refractivity contribution < 1.29 is 0 Å². The smallest absolute Gasteiger partial charge is 0.0583 e. The van der Waals surface area contributed by atoms with E-state index in [0.717, 1.165) is 11.1 Å². The van der Waals surface area contributed by atoms with Crippen molar-refractivity contribution in [1.82, 2.24) is 0 Å². The maximum Gasteiger partial charge on any atom is 0.0583 e. The van der Waals surface area contributed by atoms with Gasteiger partial charge in [0.1, 0.15) is 0 Å². The first-order chi connectivity index (χ1) is 6.65. The first kappa shape index (κ1) is 10.9. The van der Waals surface area contributed by atoms with Gasteiger partial charge in [0.05, 0.1) is 5.02 Å². The molecular formula is C11H13ClN2. The van der Waals surface area contributed by atoms with Crippen LogP contribution in [0.1, 0.15) is 17.5 Å². The maximum absolute atomic E-state index is 5.97. The lowest BCUT2D eigenvalue weighted by Gasteiger charge is -2.02. The van der Waals surface area contributed by atoms with Crippen LogP contribution in [0.15, 0.2) is 12.1 Å². The second-order valence-electron chi connectivity index (χ2n) is 3.03. The number of benzene rings is 1. The highest BCUT2D eigenvalue weighted by Gasteiger charge is 2.00. The molecule has 0 fully saturated rings. The third-order valence-corrected chi connectivity index (χ3v) is 2.16. The van der Waals surface area contributed by atoms with E-state index in [1.165, 1.54) is 0 Å². The molecule has 0 saturated heterocycles. The van der Waals surface area contributed by atoms with Crippen LogP contribution in [0.4, 0.5) is 5.69 Å². The van der Waals surface area contributed by atoms with Gasteiger partial charge in [-0.1, -0.05) is 23.4 Å². The Morgan fingerprint density at radius 3 is 2.79 bits per heavy atom. The zero-order valence-electron chi connectivity index (χ0n) is 8.10. The Hall–Kier alpha value is -1.17. The third-order valence-electron chi connectivity index (χ3n) is 1.85. The fraction of sp³-hybridized carbons (Fsp3) is 0.273. The predicted molar refractivity (Wildman–Crippen MR) is 61.2 cm³/mol. The topological polar surface area (TPSA) is 52.0 Å². The van der Waals surface area contributed by atoms with Gasteiger partial charge in [0.25, 0.3) is 0 Å². The molecule has 0 unspecified atom stereocenters. The number of hydrogen-bond donors (Lipinski definition) is 2. The van der Waals surface area contributed by atoms with Crippen molar-refractivity contribution >= 4 is 17.3 Å². The number of nitrogens with two attached hydrogens (primary N) is 2. The third kappa shape index (κ3) is 2.66. The summed E-state index contributed by atoms with van der Waals surface area (Å²) < 4.78 is 0. The summed E-state index contributed by atoms with van der Waals surface area (Å²) >= 11 is 5.97. The molecule has 14 heavy (non-hydrogen) atoms. The van der Waals surface area contributed by atoms with E-state index in [1.54, 1.807) is 6.07 Å². The molecular weight excluding hydrogens is 196 g/mol. The molecule has 1 aromatic rings. The Balaban J connectivity index is 3.00. The molecule has 0 radical (unpaired) electrons. The lowest BCUT2D eigenvalue weighted by atomic mass is 10.1. The minimum Gasteiger partial charge on any atom is -0.398 e. The molecule has 0 spiro atoms. The quantitative estimate of drug-likeness (QED) is 0.548. The number of aryl methyl sites for hydroxylation is 1. The molecule has 74 valence electrons. The van der Waals surface area contributed by atoms with Crippen molar-refractivity contribution in [3.63, 3.8) is 0 Å². The number of hydrogen-bond acceptors (Lipinski definition) is 2. The lowest BCUT2D eigenvalue weighted by Crippen LogP contribution is -1.95. The molecule has 1 rings (SSSR count). The van der Waals surface area contributed by atoms with Gasteiger partial charge in [-0.25, -0.2) is 0 Å². The molecule has 0 aliphatic carbocycles. The minimum absolute atomic E-state index is 0.568. The Kier molecular flexibility index (Phi) is 3.82. The molecule has 0 aliphatic heterocycles. The second-order valence-corrected chi connectivity index (χ2v) is 3.44. The lowest BCUT2D eigenvalue weighted by molar-refractivity contribution is 1.03. The fourth-order valence-electron chi connectivity index (χ4n) is 1.02. The summed E-state index contributed by atoms with van der Waals surface area (Å²) in [5.41, 5.74) is 13.5. The van der Waals surface area contributed by atoms with Gasteiger partial charge in [-0.3, -0.25) is 0 Å². The van der Waals surface area contributed by atoms with Crippen LogP contribution in [0.25, 0.3) is 0 Å². The summed E-state index contributed by atoms with van der Waals surface area (Å²) in [6.45, 7) is 2.50. The Morgan fingerprint density at radius 2 is 2.14 bits per heavy atom. The molecule has 0 heterocycles. The molecule has 2 nitrogen and oxygen atoms in total. The SMILES string of the molecule is Cc1cc(C#CCCN)c(Cl)cc1N. The van der Waals surface area contributed by atoms with E-state index in [-0.39, 0.29) is 0 Å². The summed E-state index contributed by atoms with van der Waals surface area (Å²) in [7, 11) is 0. The van der Waals surface area contributed by atoms with Crippen LogP contribution in [0.2, 0.25) is 5.02 Å². The molecule has 0 saturated carbocycles. The number of anilines is 1. The first-order valence-corrected chi connectivity index (χ1v) is 4.77. The molecule has 0 amide bonds.